The zero-order valence-corrected chi connectivity index (χ0v) is 18.1. The van der Waals surface area contributed by atoms with E-state index in [0.717, 1.165) is 31.2 Å². The van der Waals surface area contributed by atoms with Crippen LogP contribution in [0.4, 0.5) is 0 Å². The van der Waals surface area contributed by atoms with Gasteiger partial charge in [0.2, 0.25) is 11.8 Å². The van der Waals surface area contributed by atoms with E-state index in [0.29, 0.717) is 37.6 Å². The van der Waals surface area contributed by atoms with Gasteiger partial charge in [-0.05, 0) is 37.0 Å². The van der Waals surface area contributed by atoms with E-state index in [2.05, 4.69) is 5.92 Å². The number of nitrogens with zero attached hydrogens (tertiary/aromatic N) is 2. The highest BCUT2D eigenvalue weighted by Crippen LogP contribution is 2.29. The van der Waals surface area contributed by atoms with Crippen molar-refractivity contribution in [1.82, 2.24) is 9.80 Å². The SMILES string of the molecule is C#CCN(C(=O)C1CC(=O)N(CCc2ccc(OC)c(OC)c2)C1)C1CCCCC1. The maximum Gasteiger partial charge on any atom is 0.229 e. The Kier molecular flexibility index (Phi) is 7.62. The van der Waals surface area contributed by atoms with Crippen LogP contribution in [0.25, 0.3) is 0 Å². The average Bonchev–Trinajstić information content (AvgIpc) is 3.16. The highest BCUT2D eigenvalue weighted by molar-refractivity contribution is 5.89. The van der Waals surface area contributed by atoms with Crippen molar-refractivity contribution >= 4 is 11.8 Å². The van der Waals surface area contributed by atoms with Gasteiger partial charge in [-0.3, -0.25) is 9.59 Å². The van der Waals surface area contributed by atoms with Crippen molar-refractivity contribution in [2.45, 2.75) is 51.0 Å². The monoisotopic (exact) mass is 412 g/mol. The lowest BCUT2D eigenvalue weighted by Gasteiger charge is -2.34. The minimum atomic E-state index is -0.293. The fraction of sp³-hybridized carbons (Fsp3) is 0.583. The Morgan fingerprint density at radius 2 is 1.93 bits per heavy atom. The number of hydrogen-bond donors (Lipinski definition) is 0. The first-order chi connectivity index (χ1) is 14.6. The fourth-order valence-electron chi connectivity index (χ4n) is 4.57. The highest BCUT2D eigenvalue weighted by Gasteiger charge is 2.38. The van der Waals surface area contributed by atoms with E-state index in [4.69, 9.17) is 15.9 Å². The van der Waals surface area contributed by atoms with Gasteiger partial charge in [0, 0.05) is 25.6 Å². The molecule has 0 aromatic heterocycles. The third-order valence-corrected chi connectivity index (χ3v) is 6.24. The molecule has 0 radical (unpaired) electrons. The number of terminal acetylenes is 1. The average molecular weight is 413 g/mol. The molecule has 1 aromatic rings. The quantitative estimate of drug-likeness (QED) is 0.616. The van der Waals surface area contributed by atoms with Gasteiger partial charge in [0.15, 0.2) is 11.5 Å². The van der Waals surface area contributed by atoms with Gasteiger partial charge in [-0.25, -0.2) is 0 Å². The van der Waals surface area contributed by atoms with Crippen LogP contribution in [0.2, 0.25) is 0 Å². The minimum Gasteiger partial charge on any atom is -0.493 e. The zero-order chi connectivity index (χ0) is 21.5. The lowest BCUT2D eigenvalue weighted by molar-refractivity contribution is -0.138. The lowest BCUT2D eigenvalue weighted by Crippen LogP contribution is -2.45. The molecular formula is C24H32N2O4. The van der Waals surface area contributed by atoms with Crippen LogP contribution in [0.3, 0.4) is 0 Å². The van der Waals surface area contributed by atoms with E-state index in [1.54, 1.807) is 19.1 Å². The van der Waals surface area contributed by atoms with Crippen LogP contribution < -0.4 is 9.47 Å². The first-order valence-electron chi connectivity index (χ1n) is 10.8. The second kappa shape index (κ2) is 10.4. The number of benzene rings is 1. The van der Waals surface area contributed by atoms with Crippen LogP contribution in [0, 0.1) is 18.3 Å². The summed E-state index contributed by atoms with van der Waals surface area (Å²) in [5.41, 5.74) is 1.06. The molecule has 30 heavy (non-hydrogen) atoms. The molecule has 3 rings (SSSR count). The molecule has 162 valence electrons. The van der Waals surface area contributed by atoms with E-state index in [1.807, 2.05) is 23.1 Å². The number of carbonyl (C=O) groups excluding carboxylic acids is 2. The van der Waals surface area contributed by atoms with Gasteiger partial charge in [0.1, 0.15) is 0 Å². The van der Waals surface area contributed by atoms with E-state index >= 15 is 0 Å². The van der Waals surface area contributed by atoms with Crippen molar-refractivity contribution in [3.05, 3.63) is 23.8 Å². The number of rotatable bonds is 8. The number of amides is 2. The summed E-state index contributed by atoms with van der Waals surface area (Å²) < 4.78 is 10.6. The molecule has 0 spiro atoms. The number of likely N-dealkylation sites (tertiary alicyclic amines) is 1. The van der Waals surface area contributed by atoms with Gasteiger partial charge in [0.05, 0.1) is 26.7 Å². The molecule has 2 fully saturated rings. The van der Waals surface area contributed by atoms with E-state index in [-0.39, 0.29) is 30.2 Å². The molecule has 1 aliphatic heterocycles. The van der Waals surface area contributed by atoms with Crippen LogP contribution in [0.1, 0.15) is 44.1 Å². The molecule has 6 nitrogen and oxygen atoms in total. The maximum absolute atomic E-state index is 13.2. The first-order valence-corrected chi connectivity index (χ1v) is 10.8. The van der Waals surface area contributed by atoms with Gasteiger partial charge >= 0.3 is 0 Å². The maximum atomic E-state index is 13.2. The Balaban J connectivity index is 1.60. The predicted molar refractivity (Wildman–Crippen MR) is 115 cm³/mol. The molecular weight excluding hydrogens is 380 g/mol. The number of ether oxygens (including phenoxy) is 2. The topological polar surface area (TPSA) is 59.1 Å². The third-order valence-electron chi connectivity index (χ3n) is 6.24. The standard InChI is InChI=1S/C24H32N2O4/c1-4-13-26(20-8-6-5-7-9-20)24(28)19-16-23(27)25(17-19)14-12-18-10-11-21(29-2)22(15-18)30-3/h1,10-11,15,19-20H,5-9,12-14,16-17H2,2-3H3. The van der Waals surface area contributed by atoms with Gasteiger partial charge < -0.3 is 19.3 Å². The molecule has 1 saturated heterocycles. The summed E-state index contributed by atoms with van der Waals surface area (Å²) in [6.45, 7) is 1.38. The van der Waals surface area contributed by atoms with Crippen molar-refractivity contribution in [2.24, 2.45) is 5.92 Å². The first kappa shape index (κ1) is 22.0. The van der Waals surface area contributed by atoms with Crippen molar-refractivity contribution in [2.75, 3.05) is 33.9 Å². The largest absolute Gasteiger partial charge is 0.493 e. The third kappa shape index (κ3) is 5.08. The number of carbonyl (C=O) groups is 2. The summed E-state index contributed by atoms with van der Waals surface area (Å²) in [6, 6.07) is 5.99. The second-order valence-corrected chi connectivity index (χ2v) is 8.14. The van der Waals surface area contributed by atoms with Crippen molar-refractivity contribution in [1.29, 1.82) is 0 Å². The van der Waals surface area contributed by atoms with Gasteiger partial charge in [-0.2, -0.15) is 0 Å². The van der Waals surface area contributed by atoms with Crippen LogP contribution >= 0.6 is 0 Å². The molecule has 1 aliphatic carbocycles. The molecule has 2 aliphatic rings. The van der Waals surface area contributed by atoms with E-state index in [9.17, 15) is 9.59 Å². The summed E-state index contributed by atoms with van der Waals surface area (Å²) in [7, 11) is 3.21. The number of hydrogen-bond acceptors (Lipinski definition) is 4. The molecule has 2 amide bonds. The van der Waals surface area contributed by atoms with Crippen molar-refractivity contribution in [3.63, 3.8) is 0 Å². The Labute approximate surface area is 179 Å². The van der Waals surface area contributed by atoms with Crippen LogP contribution in [0.15, 0.2) is 18.2 Å². The summed E-state index contributed by atoms with van der Waals surface area (Å²) >= 11 is 0. The normalized spacial score (nSPS) is 19.4. The minimum absolute atomic E-state index is 0.0399. The summed E-state index contributed by atoms with van der Waals surface area (Å²) in [5.74, 6) is 3.79. The Bertz CT molecular complexity index is 795. The van der Waals surface area contributed by atoms with E-state index < -0.39 is 0 Å². The predicted octanol–water partition coefficient (Wildman–Crippen LogP) is 2.89. The lowest BCUT2D eigenvalue weighted by atomic mass is 9.93. The van der Waals surface area contributed by atoms with Crippen molar-refractivity contribution < 1.29 is 19.1 Å². The van der Waals surface area contributed by atoms with Gasteiger partial charge in [-0.15, -0.1) is 6.42 Å². The number of methoxy groups -OCH3 is 2. The van der Waals surface area contributed by atoms with Crippen LogP contribution in [-0.4, -0.2) is 61.5 Å². The molecule has 1 heterocycles. The summed E-state index contributed by atoms with van der Waals surface area (Å²) in [6.07, 6.45) is 12.0. The Morgan fingerprint density at radius 3 is 2.60 bits per heavy atom. The molecule has 1 unspecified atom stereocenters. The summed E-state index contributed by atoms with van der Waals surface area (Å²) in [4.78, 5) is 29.4. The Morgan fingerprint density at radius 1 is 1.20 bits per heavy atom. The molecule has 1 atom stereocenters. The van der Waals surface area contributed by atoms with E-state index in [1.165, 1.54) is 6.42 Å². The molecule has 0 bridgehead atoms. The zero-order valence-electron chi connectivity index (χ0n) is 18.1. The smallest absolute Gasteiger partial charge is 0.229 e. The fourth-order valence-corrected chi connectivity index (χ4v) is 4.57. The summed E-state index contributed by atoms with van der Waals surface area (Å²) in [5, 5.41) is 0. The Hall–Kier alpha value is -2.68. The molecule has 0 N–H and O–H groups in total. The van der Waals surface area contributed by atoms with Gasteiger partial charge in [-0.1, -0.05) is 31.2 Å². The highest BCUT2D eigenvalue weighted by atomic mass is 16.5. The second-order valence-electron chi connectivity index (χ2n) is 8.14. The van der Waals surface area contributed by atoms with Gasteiger partial charge in [0.25, 0.3) is 0 Å². The van der Waals surface area contributed by atoms with Crippen molar-refractivity contribution in [3.8, 4) is 23.8 Å². The van der Waals surface area contributed by atoms with Crippen LogP contribution in [0.5, 0.6) is 11.5 Å². The molecule has 1 saturated carbocycles. The van der Waals surface area contributed by atoms with Crippen LogP contribution in [-0.2, 0) is 16.0 Å². The molecule has 1 aromatic carbocycles. The molecule has 6 heteroatoms.